The van der Waals surface area contributed by atoms with E-state index in [0.717, 1.165) is 24.8 Å². The van der Waals surface area contributed by atoms with Gasteiger partial charge in [-0.1, -0.05) is 0 Å². The standard InChI is InChI=1S/C23H28FN3O3/c1-14-12-27(13-15(2)30-14)21(28)18-11-23(18)5-7-26(8-6-23)22(29)20-10-16-9-17(24)3-4-19(16)25-20/h3-4,9-10,14-15,18,25H,5-8,11-13H2,1-2H3/t14-,15+,18?. The lowest BCUT2D eigenvalue weighted by molar-refractivity contribution is -0.145. The minimum absolute atomic E-state index is 0.0548. The highest BCUT2D eigenvalue weighted by Crippen LogP contribution is 2.60. The Balaban J connectivity index is 1.21. The molecule has 2 aliphatic heterocycles. The first-order valence-electron chi connectivity index (χ1n) is 10.9. The number of nitrogens with zero attached hydrogens (tertiary/aromatic N) is 2. The number of carbonyl (C=O) groups is 2. The Bertz CT molecular complexity index is 985. The zero-order chi connectivity index (χ0) is 21.0. The van der Waals surface area contributed by atoms with E-state index >= 15 is 0 Å². The lowest BCUT2D eigenvalue weighted by atomic mass is 9.90. The summed E-state index contributed by atoms with van der Waals surface area (Å²) in [6.45, 7) is 6.68. The maximum absolute atomic E-state index is 13.4. The first-order chi connectivity index (χ1) is 14.3. The van der Waals surface area contributed by atoms with Crippen LogP contribution in [0.25, 0.3) is 10.9 Å². The Morgan fingerprint density at radius 2 is 1.80 bits per heavy atom. The van der Waals surface area contributed by atoms with Crippen LogP contribution in [-0.2, 0) is 9.53 Å². The Morgan fingerprint density at radius 3 is 2.50 bits per heavy atom. The van der Waals surface area contributed by atoms with Gasteiger partial charge in [-0.05, 0) is 62.8 Å². The number of H-pyrrole nitrogens is 1. The van der Waals surface area contributed by atoms with E-state index < -0.39 is 0 Å². The average molecular weight is 413 g/mol. The summed E-state index contributed by atoms with van der Waals surface area (Å²) >= 11 is 0. The molecule has 0 radical (unpaired) electrons. The average Bonchev–Trinajstić information content (AvgIpc) is 3.23. The number of hydrogen-bond donors (Lipinski definition) is 1. The van der Waals surface area contributed by atoms with Gasteiger partial charge < -0.3 is 19.5 Å². The third-order valence-corrected chi connectivity index (χ3v) is 7.08. The molecule has 3 fully saturated rings. The number of benzene rings is 1. The second kappa shape index (κ2) is 7.08. The van der Waals surface area contributed by atoms with Gasteiger partial charge in [0.25, 0.3) is 5.91 Å². The van der Waals surface area contributed by atoms with Crippen molar-refractivity contribution in [2.75, 3.05) is 26.2 Å². The molecule has 160 valence electrons. The number of aromatic amines is 1. The molecule has 0 bridgehead atoms. The Kier molecular flexibility index (Phi) is 4.61. The molecule has 3 atom stereocenters. The molecule has 1 N–H and O–H groups in total. The molecular formula is C23H28FN3O3. The van der Waals surface area contributed by atoms with Crippen LogP contribution in [0.2, 0.25) is 0 Å². The van der Waals surface area contributed by atoms with Crippen LogP contribution in [-0.4, -0.2) is 65.0 Å². The molecule has 1 saturated carbocycles. The summed E-state index contributed by atoms with van der Waals surface area (Å²) < 4.78 is 19.2. The summed E-state index contributed by atoms with van der Waals surface area (Å²) in [6, 6.07) is 6.19. The molecule has 3 heterocycles. The van der Waals surface area contributed by atoms with Crippen molar-refractivity contribution in [3.63, 3.8) is 0 Å². The topological polar surface area (TPSA) is 65.6 Å². The minimum atomic E-state index is -0.311. The Morgan fingerprint density at radius 1 is 1.10 bits per heavy atom. The number of likely N-dealkylation sites (tertiary alicyclic amines) is 1. The number of nitrogens with one attached hydrogen (secondary N) is 1. The number of ether oxygens (including phenoxy) is 1. The fourth-order valence-corrected chi connectivity index (χ4v) is 5.37. The molecule has 2 saturated heterocycles. The molecule has 5 rings (SSSR count). The molecule has 7 heteroatoms. The third kappa shape index (κ3) is 3.39. The lowest BCUT2D eigenvalue weighted by Crippen LogP contribution is -2.49. The second-order valence-electron chi connectivity index (χ2n) is 9.33. The minimum Gasteiger partial charge on any atom is -0.372 e. The second-order valence-corrected chi connectivity index (χ2v) is 9.33. The van der Waals surface area contributed by atoms with Gasteiger partial charge in [0.1, 0.15) is 11.5 Å². The summed E-state index contributed by atoms with van der Waals surface area (Å²) in [6.07, 6.45) is 2.81. The Hall–Kier alpha value is -2.41. The third-order valence-electron chi connectivity index (χ3n) is 7.08. The highest BCUT2D eigenvalue weighted by atomic mass is 19.1. The van der Waals surface area contributed by atoms with Crippen molar-refractivity contribution in [1.82, 2.24) is 14.8 Å². The molecule has 3 aliphatic rings. The molecule has 6 nitrogen and oxygen atoms in total. The highest BCUT2D eigenvalue weighted by molar-refractivity contribution is 5.98. The highest BCUT2D eigenvalue weighted by Gasteiger charge is 2.59. The molecule has 1 aromatic heterocycles. The largest absolute Gasteiger partial charge is 0.372 e. The Labute approximate surface area is 175 Å². The molecule has 30 heavy (non-hydrogen) atoms. The number of piperidine rings is 1. The SMILES string of the molecule is C[C@@H]1CN(C(=O)C2CC23CCN(C(=O)c2cc4cc(F)ccc4[nH]2)CC3)C[C@H](C)O1. The maximum atomic E-state index is 13.4. The summed E-state index contributed by atoms with van der Waals surface area (Å²) in [5.41, 5.74) is 1.31. The zero-order valence-corrected chi connectivity index (χ0v) is 17.5. The normalized spacial score (nSPS) is 28.2. The molecule has 1 aliphatic carbocycles. The van der Waals surface area contributed by atoms with Crippen LogP contribution < -0.4 is 0 Å². The van der Waals surface area contributed by atoms with Crippen LogP contribution in [0.3, 0.4) is 0 Å². The molecular weight excluding hydrogens is 385 g/mol. The van der Waals surface area contributed by atoms with Gasteiger partial charge in [0.05, 0.1) is 12.2 Å². The van der Waals surface area contributed by atoms with Crippen LogP contribution >= 0.6 is 0 Å². The number of aromatic nitrogens is 1. The maximum Gasteiger partial charge on any atom is 0.270 e. The number of carbonyl (C=O) groups excluding carboxylic acids is 2. The van der Waals surface area contributed by atoms with Gasteiger partial charge in [-0.3, -0.25) is 9.59 Å². The van der Waals surface area contributed by atoms with E-state index in [2.05, 4.69) is 4.98 Å². The van der Waals surface area contributed by atoms with Gasteiger partial charge in [-0.25, -0.2) is 4.39 Å². The van der Waals surface area contributed by atoms with E-state index in [-0.39, 0.29) is 41.2 Å². The van der Waals surface area contributed by atoms with Crippen LogP contribution in [0.1, 0.15) is 43.6 Å². The number of hydrogen-bond acceptors (Lipinski definition) is 3. The number of halogens is 1. The van der Waals surface area contributed by atoms with Crippen molar-refractivity contribution in [2.24, 2.45) is 11.3 Å². The molecule has 1 unspecified atom stereocenters. The fourth-order valence-electron chi connectivity index (χ4n) is 5.37. The van der Waals surface area contributed by atoms with E-state index in [1.807, 2.05) is 23.6 Å². The van der Waals surface area contributed by atoms with Gasteiger partial charge in [-0.2, -0.15) is 0 Å². The van der Waals surface area contributed by atoms with Gasteiger partial charge in [0.2, 0.25) is 5.91 Å². The van der Waals surface area contributed by atoms with E-state index in [0.29, 0.717) is 37.3 Å². The number of fused-ring (bicyclic) bond motifs is 1. The summed E-state index contributed by atoms with van der Waals surface area (Å²) in [5, 5.41) is 0.702. The number of rotatable bonds is 2. The zero-order valence-electron chi connectivity index (χ0n) is 17.5. The van der Waals surface area contributed by atoms with Crippen LogP contribution in [0.15, 0.2) is 24.3 Å². The van der Waals surface area contributed by atoms with Gasteiger partial charge in [0.15, 0.2) is 0 Å². The summed E-state index contributed by atoms with van der Waals surface area (Å²) in [5.74, 6) is -0.0209. The van der Waals surface area contributed by atoms with Crippen LogP contribution in [0.5, 0.6) is 0 Å². The van der Waals surface area contributed by atoms with E-state index in [9.17, 15) is 14.0 Å². The fraction of sp³-hybridized carbons (Fsp3) is 0.565. The van der Waals surface area contributed by atoms with Gasteiger partial charge in [0, 0.05) is 43.0 Å². The monoisotopic (exact) mass is 413 g/mol. The van der Waals surface area contributed by atoms with Gasteiger partial charge >= 0.3 is 0 Å². The predicted molar refractivity (Wildman–Crippen MR) is 111 cm³/mol. The van der Waals surface area contributed by atoms with Crippen molar-refractivity contribution in [1.29, 1.82) is 0 Å². The van der Waals surface area contributed by atoms with Crippen molar-refractivity contribution in [2.45, 2.75) is 45.3 Å². The first-order valence-corrected chi connectivity index (χ1v) is 10.9. The predicted octanol–water partition coefficient (Wildman–Crippen LogP) is 3.19. The lowest BCUT2D eigenvalue weighted by Gasteiger charge is -2.37. The quantitative estimate of drug-likeness (QED) is 0.822. The molecule has 2 amide bonds. The van der Waals surface area contributed by atoms with E-state index in [4.69, 9.17) is 4.74 Å². The van der Waals surface area contributed by atoms with Crippen LogP contribution in [0, 0.1) is 17.2 Å². The van der Waals surface area contributed by atoms with Crippen molar-refractivity contribution < 1.29 is 18.7 Å². The molecule has 1 aromatic carbocycles. The van der Waals surface area contributed by atoms with Crippen molar-refractivity contribution >= 4 is 22.7 Å². The molecule has 2 aromatic rings. The van der Waals surface area contributed by atoms with Crippen molar-refractivity contribution in [3.8, 4) is 0 Å². The van der Waals surface area contributed by atoms with E-state index in [1.54, 1.807) is 12.1 Å². The summed E-state index contributed by atoms with van der Waals surface area (Å²) in [7, 11) is 0. The van der Waals surface area contributed by atoms with Crippen molar-refractivity contribution in [3.05, 3.63) is 35.8 Å². The number of amides is 2. The first kappa shape index (κ1) is 19.5. The number of morpholine rings is 1. The summed E-state index contributed by atoms with van der Waals surface area (Å²) in [4.78, 5) is 32.9. The van der Waals surface area contributed by atoms with E-state index in [1.165, 1.54) is 12.1 Å². The van der Waals surface area contributed by atoms with Crippen LogP contribution in [0.4, 0.5) is 4.39 Å². The smallest absolute Gasteiger partial charge is 0.270 e. The van der Waals surface area contributed by atoms with Gasteiger partial charge in [-0.15, -0.1) is 0 Å². The molecule has 1 spiro atoms.